The minimum absolute atomic E-state index is 0.237. The highest BCUT2D eigenvalue weighted by Crippen LogP contribution is 2.13. The van der Waals surface area contributed by atoms with Crippen LogP contribution in [0.2, 0.25) is 0 Å². The number of methoxy groups -OCH3 is 2. The number of ether oxygens (including phenoxy) is 2. The molecule has 1 rings (SSSR count). The first kappa shape index (κ1) is 15.8. The molecule has 6 nitrogen and oxygen atoms in total. The van der Waals surface area contributed by atoms with Crippen LogP contribution < -0.4 is 10.6 Å². The Morgan fingerprint density at radius 1 is 0.850 bits per heavy atom. The molecule has 2 N–H and O–H groups in total. The van der Waals surface area contributed by atoms with Crippen molar-refractivity contribution in [1.82, 2.24) is 0 Å². The zero-order valence-electron chi connectivity index (χ0n) is 11.8. The first-order valence-corrected chi connectivity index (χ1v) is 6.37. The van der Waals surface area contributed by atoms with E-state index in [4.69, 9.17) is 0 Å². The van der Waals surface area contributed by atoms with Gasteiger partial charge >= 0.3 is 11.9 Å². The Kier molecular flexibility index (Phi) is 6.95. The highest BCUT2D eigenvalue weighted by atomic mass is 16.5. The highest BCUT2D eigenvalue weighted by molar-refractivity contribution is 5.70. The zero-order chi connectivity index (χ0) is 14.8. The molecule has 0 unspecified atom stereocenters. The fourth-order valence-electron chi connectivity index (χ4n) is 1.53. The molecule has 0 radical (unpaired) electrons. The molecule has 0 amide bonds. The summed E-state index contributed by atoms with van der Waals surface area (Å²) in [6.45, 7) is 1.06. The maximum Gasteiger partial charge on any atom is 0.307 e. The van der Waals surface area contributed by atoms with E-state index in [0.29, 0.717) is 25.9 Å². The van der Waals surface area contributed by atoms with Crippen molar-refractivity contribution in [2.24, 2.45) is 0 Å². The van der Waals surface area contributed by atoms with Crippen LogP contribution in [0.5, 0.6) is 0 Å². The maximum absolute atomic E-state index is 10.9. The lowest BCUT2D eigenvalue weighted by Crippen LogP contribution is -2.10. The minimum Gasteiger partial charge on any atom is -0.469 e. The van der Waals surface area contributed by atoms with Crippen LogP contribution >= 0.6 is 0 Å². The van der Waals surface area contributed by atoms with Gasteiger partial charge in [0.2, 0.25) is 0 Å². The third-order valence-corrected chi connectivity index (χ3v) is 2.66. The van der Waals surface area contributed by atoms with Crippen molar-refractivity contribution in [3.05, 3.63) is 24.3 Å². The molecular weight excluding hydrogens is 260 g/mol. The Bertz CT molecular complexity index is 390. The molecule has 0 atom stereocenters. The Hall–Kier alpha value is -2.24. The third-order valence-electron chi connectivity index (χ3n) is 2.66. The summed E-state index contributed by atoms with van der Waals surface area (Å²) in [5.41, 5.74) is 1.85. The van der Waals surface area contributed by atoms with Crippen LogP contribution in [0.25, 0.3) is 0 Å². The molecule has 0 heterocycles. The lowest BCUT2D eigenvalue weighted by atomic mass is 10.2. The molecule has 0 saturated heterocycles. The molecule has 1 aromatic rings. The van der Waals surface area contributed by atoms with Crippen LogP contribution in [-0.2, 0) is 19.1 Å². The molecule has 20 heavy (non-hydrogen) atoms. The molecule has 110 valence electrons. The van der Waals surface area contributed by atoms with E-state index in [1.807, 2.05) is 24.3 Å². The molecule has 0 spiro atoms. The van der Waals surface area contributed by atoms with E-state index >= 15 is 0 Å². The van der Waals surface area contributed by atoms with Crippen LogP contribution in [0.3, 0.4) is 0 Å². The van der Waals surface area contributed by atoms with Gasteiger partial charge in [-0.15, -0.1) is 0 Å². The summed E-state index contributed by atoms with van der Waals surface area (Å²) < 4.78 is 9.11. The average Bonchev–Trinajstić information content (AvgIpc) is 2.48. The van der Waals surface area contributed by atoms with Crippen molar-refractivity contribution in [3.8, 4) is 0 Å². The van der Waals surface area contributed by atoms with Crippen molar-refractivity contribution < 1.29 is 19.1 Å². The lowest BCUT2D eigenvalue weighted by molar-refractivity contribution is -0.141. The number of benzene rings is 1. The fraction of sp³-hybridized carbons (Fsp3) is 0.429. The van der Waals surface area contributed by atoms with E-state index in [9.17, 15) is 9.59 Å². The summed E-state index contributed by atoms with van der Waals surface area (Å²) in [6.07, 6.45) is 0.658. The van der Waals surface area contributed by atoms with Gasteiger partial charge < -0.3 is 20.1 Å². The van der Waals surface area contributed by atoms with Crippen molar-refractivity contribution in [3.63, 3.8) is 0 Å². The van der Waals surface area contributed by atoms with Gasteiger partial charge in [-0.1, -0.05) is 0 Å². The summed E-state index contributed by atoms with van der Waals surface area (Å²) in [5.74, 6) is -0.475. The molecular formula is C14H20N2O4. The van der Waals surface area contributed by atoms with Gasteiger partial charge in [-0.3, -0.25) is 9.59 Å². The molecule has 0 aliphatic rings. The van der Waals surface area contributed by atoms with E-state index in [1.54, 1.807) is 0 Å². The summed E-state index contributed by atoms with van der Waals surface area (Å²) in [6, 6.07) is 7.60. The summed E-state index contributed by atoms with van der Waals surface area (Å²) in [4.78, 5) is 21.9. The Morgan fingerprint density at radius 3 is 1.50 bits per heavy atom. The Labute approximate surface area is 118 Å². The molecule has 0 bridgehead atoms. The van der Waals surface area contributed by atoms with Crippen LogP contribution in [0, 0.1) is 0 Å². The van der Waals surface area contributed by atoms with E-state index in [2.05, 4.69) is 20.1 Å². The molecule has 0 saturated carbocycles. The van der Waals surface area contributed by atoms with Gasteiger partial charge in [-0.2, -0.15) is 0 Å². The Balaban J connectivity index is 2.29. The first-order chi connectivity index (χ1) is 9.65. The molecule has 6 heteroatoms. The topological polar surface area (TPSA) is 76.7 Å². The van der Waals surface area contributed by atoms with Crippen LogP contribution in [0.15, 0.2) is 24.3 Å². The van der Waals surface area contributed by atoms with E-state index < -0.39 is 0 Å². The van der Waals surface area contributed by atoms with Crippen LogP contribution in [-0.4, -0.2) is 39.2 Å². The normalized spacial score (nSPS) is 9.70. The van der Waals surface area contributed by atoms with E-state index in [0.717, 1.165) is 11.4 Å². The minimum atomic E-state index is -0.237. The summed E-state index contributed by atoms with van der Waals surface area (Å²) >= 11 is 0. The van der Waals surface area contributed by atoms with Gasteiger partial charge in [-0.05, 0) is 24.3 Å². The number of anilines is 2. The lowest BCUT2D eigenvalue weighted by Gasteiger charge is -2.08. The van der Waals surface area contributed by atoms with Crippen molar-refractivity contribution in [2.75, 3.05) is 37.9 Å². The van der Waals surface area contributed by atoms with Gasteiger partial charge in [0.25, 0.3) is 0 Å². The number of carbonyl (C=O) groups is 2. The molecule has 0 aliphatic carbocycles. The van der Waals surface area contributed by atoms with Gasteiger partial charge in [0.15, 0.2) is 0 Å². The molecule has 0 aromatic heterocycles. The van der Waals surface area contributed by atoms with Gasteiger partial charge in [0.1, 0.15) is 0 Å². The number of carbonyl (C=O) groups excluding carboxylic acids is 2. The smallest absolute Gasteiger partial charge is 0.307 e. The number of hydrogen-bond donors (Lipinski definition) is 2. The summed E-state index contributed by atoms with van der Waals surface area (Å²) in [5, 5.41) is 6.24. The van der Waals surface area contributed by atoms with Gasteiger partial charge in [-0.25, -0.2) is 0 Å². The summed E-state index contributed by atoms with van der Waals surface area (Å²) in [7, 11) is 2.74. The molecule has 0 fully saturated rings. The van der Waals surface area contributed by atoms with Crippen molar-refractivity contribution >= 4 is 23.3 Å². The number of nitrogens with one attached hydrogen (secondary N) is 2. The highest BCUT2D eigenvalue weighted by Gasteiger charge is 2.01. The fourth-order valence-corrected chi connectivity index (χ4v) is 1.53. The standard InChI is InChI=1S/C14H20N2O4/c1-19-13(17)7-9-15-11-3-5-12(6-4-11)16-10-8-14(18)20-2/h3-6,15-16H,7-10H2,1-2H3. The second-order valence-corrected chi connectivity index (χ2v) is 4.08. The Morgan fingerprint density at radius 2 is 1.20 bits per heavy atom. The number of hydrogen-bond acceptors (Lipinski definition) is 6. The van der Waals surface area contributed by atoms with E-state index in [-0.39, 0.29) is 11.9 Å². The monoisotopic (exact) mass is 280 g/mol. The zero-order valence-corrected chi connectivity index (χ0v) is 11.8. The predicted molar refractivity (Wildman–Crippen MR) is 76.7 cm³/mol. The number of rotatable bonds is 8. The third kappa shape index (κ3) is 6.08. The van der Waals surface area contributed by atoms with Crippen LogP contribution in [0.1, 0.15) is 12.8 Å². The predicted octanol–water partition coefficient (Wildman–Crippen LogP) is 1.64. The second-order valence-electron chi connectivity index (χ2n) is 4.08. The van der Waals surface area contributed by atoms with Crippen molar-refractivity contribution in [2.45, 2.75) is 12.8 Å². The maximum atomic E-state index is 10.9. The SMILES string of the molecule is COC(=O)CCNc1ccc(NCCC(=O)OC)cc1. The first-order valence-electron chi connectivity index (χ1n) is 6.37. The average molecular weight is 280 g/mol. The van der Waals surface area contributed by atoms with Crippen LogP contribution in [0.4, 0.5) is 11.4 Å². The molecule has 0 aliphatic heterocycles. The van der Waals surface area contributed by atoms with E-state index in [1.165, 1.54) is 14.2 Å². The second kappa shape index (κ2) is 8.79. The van der Waals surface area contributed by atoms with Gasteiger partial charge in [0, 0.05) is 24.5 Å². The molecule has 1 aromatic carbocycles. The van der Waals surface area contributed by atoms with Gasteiger partial charge in [0.05, 0.1) is 27.1 Å². The largest absolute Gasteiger partial charge is 0.469 e. The quantitative estimate of drug-likeness (QED) is 0.705. The van der Waals surface area contributed by atoms with Crippen molar-refractivity contribution in [1.29, 1.82) is 0 Å². The number of esters is 2.